The Hall–Kier alpha value is -4.24. The number of amides is 2. The fourth-order valence-electron chi connectivity index (χ4n) is 4.28. The number of pyridine rings is 1. The van der Waals surface area contributed by atoms with Gasteiger partial charge in [0.2, 0.25) is 11.8 Å². The number of anilines is 1. The van der Waals surface area contributed by atoms with Gasteiger partial charge in [-0.1, -0.05) is 67.1 Å². The molecule has 0 saturated carbocycles. The number of nitrogens with zero attached hydrogens (tertiary/aromatic N) is 1. The van der Waals surface area contributed by atoms with E-state index < -0.39 is 24.0 Å². The van der Waals surface area contributed by atoms with Gasteiger partial charge in [0, 0.05) is 32.9 Å². The molecule has 2 amide bonds. The van der Waals surface area contributed by atoms with E-state index in [2.05, 4.69) is 20.9 Å². The number of hydrogen-bond acceptors (Lipinski definition) is 6. The van der Waals surface area contributed by atoms with E-state index in [9.17, 15) is 19.5 Å². The van der Waals surface area contributed by atoms with Gasteiger partial charge in [0.1, 0.15) is 11.9 Å². The van der Waals surface area contributed by atoms with Crippen molar-refractivity contribution in [1.29, 1.82) is 0 Å². The van der Waals surface area contributed by atoms with Crippen LogP contribution in [0.2, 0.25) is 0 Å². The summed E-state index contributed by atoms with van der Waals surface area (Å²) in [6, 6.07) is 21.4. The predicted octanol–water partition coefficient (Wildman–Crippen LogP) is 4.57. The molecule has 3 rings (SSSR count). The lowest BCUT2D eigenvalue weighted by Gasteiger charge is -2.23. The van der Waals surface area contributed by atoms with Gasteiger partial charge < -0.3 is 25.8 Å². The number of rotatable bonds is 17. The smallest absolute Gasteiger partial charge is 0.305 e. The Balaban J connectivity index is 1.53. The van der Waals surface area contributed by atoms with Crippen LogP contribution in [0.1, 0.15) is 50.1 Å². The molecular weight excluding hydrogens is 508 g/mol. The van der Waals surface area contributed by atoms with Gasteiger partial charge in [-0.3, -0.25) is 14.4 Å². The number of carboxylic acids is 1. The monoisotopic (exact) mass is 546 g/mol. The molecule has 0 aliphatic heterocycles. The van der Waals surface area contributed by atoms with Crippen molar-refractivity contribution in [2.75, 3.05) is 25.6 Å². The van der Waals surface area contributed by atoms with Crippen molar-refractivity contribution in [3.63, 3.8) is 0 Å². The third-order valence-corrected chi connectivity index (χ3v) is 6.43. The van der Waals surface area contributed by atoms with Crippen molar-refractivity contribution in [2.45, 2.75) is 50.6 Å². The van der Waals surface area contributed by atoms with Crippen LogP contribution in [0.15, 0.2) is 79.0 Å². The highest BCUT2D eigenvalue weighted by molar-refractivity contribution is 5.88. The van der Waals surface area contributed by atoms with E-state index in [1.807, 2.05) is 72.8 Å². The fraction of sp³-hybridized carbons (Fsp3) is 0.355. The number of methoxy groups -OCH3 is 1. The molecule has 9 nitrogen and oxygen atoms in total. The molecule has 9 heteroatoms. The van der Waals surface area contributed by atoms with Gasteiger partial charge in [-0.2, -0.15) is 0 Å². The Bertz CT molecular complexity index is 1190. The first kappa shape index (κ1) is 30.3. The molecule has 1 heterocycles. The molecular formula is C31H38N4O5. The summed E-state index contributed by atoms with van der Waals surface area (Å²) in [5.74, 6) is -0.882. The van der Waals surface area contributed by atoms with E-state index >= 15 is 0 Å². The maximum Gasteiger partial charge on any atom is 0.305 e. The lowest BCUT2D eigenvalue weighted by Crippen LogP contribution is -2.48. The third-order valence-electron chi connectivity index (χ3n) is 6.43. The summed E-state index contributed by atoms with van der Waals surface area (Å²) in [4.78, 5) is 41.6. The molecule has 0 radical (unpaired) electrons. The number of nitrogens with one attached hydrogen (secondary N) is 3. The van der Waals surface area contributed by atoms with Gasteiger partial charge in [0.15, 0.2) is 0 Å². The molecule has 2 atom stereocenters. The number of carbonyl (C=O) groups is 3. The van der Waals surface area contributed by atoms with Crippen LogP contribution in [0.5, 0.6) is 0 Å². The minimum atomic E-state index is -1.03. The molecule has 0 aliphatic carbocycles. The second-order valence-electron chi connectivity index (χ2n) is 9.50. The fourth-order valence-corrected chi connectivity index (χ4v) is 4.28. The molecule has 2 aromatic carbocycles. The van der Waals surface area contributed by atoms with E-state index in [4.69, 9.17) is 4.74 Å². The molecule has 0 fully saturated rings. The standard InChI is InChI=1S/C31H38N4O5/c1-40-21-18-26(34-29(36)13-6-3-8-19-32-28-12-7-9-20-33-28)31(39)35-27(22-30(37)38)25-16-14-24(15-17-25)23-10-4-2-5-11-23/h2,4-5,7,9-12,14-17,20,26-27H,3,6,8,13,18-19,21-22H2,1H3,(H,32,33)(H,34,36)(H,35,39)(H,37,38)/t26-,27?/m0/s1. The Labute approximate surface area is 235 Å². The van der Waals surface area contributed by atoms with Gasteiger partial charge in [-0.05, 0) is 48.1 Å². The normalized spacial score (nSPS) is 12.2. The number of benzene rings is 2. The van der Waals surface area contributed by atoms with Crippen LogP contribution in [0.25, 0.3) is 11.1 Å². The highest BCUT2D eigenvalue weighted by Gasteiger charge is 2.25. The Morgan fingerprint density at radius 2 is 1.60 bits per heavy atom. The zero-order valence-corrected chi connectivity index (χ0v) is 22.8. The Morgan fingerprint density at radius 1 is 0.875 bits per heavy atom. The van der Waals surface area contributed by atoms with Crippen molar-refractivity contribution in [1.82, 2.24) is 15.6 Å². The van der Waals surface area contributed by atoms with Crippen molar-refractivity contribution in [3.05, 3.63) is 84.6 Å². The largest absolute Gasteiger partial charge is 0.481 e. The molecule has 1 aromatic heterocycles. The molecule has 1 unspecified atom stereocenters. The van der Waals surface area contributed by atoms with Crippen LogP contribution in [-0.2, 0) is 19.1 Å². The lowest BCUT2D eigenvalue weighted by molar-refractivity contribution is -0.138. The van der Waals surface area contributed by atoms with Gasteiger partial charge in [0.25, 0.3) is 0 Å². The molecule has 0 spiro atoms. The van der Waals surface area contributed by atoms with Crippen molar-refractivity contribution >= 4 is 23.6 Å². The van der Waals surface area contributed by atoms with E-state index in [1.165, 1.54) is 7.11 Å². The van der Waals surface area contributed by atoms with E-state index in [-0.39, 0.29) is 25.4 Å². The van der Waals surface area contributed by atoms with Crippen LogP contribution in [0, 0.1) is 0 Å². The van der Waals surface area contributed by atoms with Crippen LogP contribution < -0.4 is 16.0 Å². The quantitative estimate of drug-likeness (QED) is 0.183. The third kappa shape index (κ3) is 10.5. The lowest BCUT2D eigenvalue weighted by atomic mass is 9.98. The second kappa shape index (κ2) is 16.7. The molecule has 40 heavy (non-hydrogen) atoms. The highest BCUT2D eigenvalue weighted by Crippen LogP contribution is 2.23. The first-order chi connectivity index (χ1) is 19.5. The number of unbranched alkanes of at least 4 members (excludes halogenated alkanes) is 2. The number of aromatic nitrogens is 1. The summed E-state index contributed by atoms with van der Waals surface area (Å²) in [7, 11) is 1.53. The summed E-state index contributed by atoms with van der Waals surface area (Å²) in [6.07, 6.45) is 4.43. The van der Waals surface area contributed by atoms with E-state index in [0.717, 1.165) is 36.3 Å². The number of aliphatic carboxylic acids is 1. The number of hydrogen-bond donors (Lipinski definition) is 4. The second-order valence-corrected chi connectivity index (χ2v) is 9.50. The average Bonchev–Trinajstić information content (AvgIpc) is 2.97. The molecule has 4 N–H and O–H groups in total. The van der Waals surface area contributed by atoms with E-state index in [0.29, 0.717) is 18.4 Å². The van der Waals surface area contributed by atoms with Gasteiger partial charge in [-0.15, -0.1) is 0 Å². The number of carboxylic acid groups (broad SMARTS) is 1. The molecule has 212 valence electrons. The average molecular weight is 547 g/mol. The van der Waals surface area contributed by atoms with Crippen LogP contribution in [0.3, 0.4) is 0 Å². The summed E-state index contributed by atoms with van der Waals surface area (Å²) < 4.78 is 5.14. The number of ether oxygens (including phenoxy) is 1. The van der Waals surface area contributed by atoms with Crippen LogP contribution in [-0.4, -0.2) is 54.2 Å². The first-order valence-electron chi connectivity index (χ1n) is 13.6. The maximum absolute atomic E-state index is 13.2. The number of carbonyl (C=O) groups excluding carboxylic acids is 2. The highest BCUT2D eigenvalue weighted by atomic mass is 16.5. The molecule has 0 saturated heterocycles. The first-order valence-corrected chi connectivity index (χ1v) is 13.6. The minimum absolute atomic E-state index is 0.226. The summed E-state index contributed by atoms with van der Waals surface area (Å²) in [6.45, 7) is 1.03. The van der Waals surface area contributed by atoms with Gasteiger partial charge in [-0.25, -0.2) is 4.98 Å². The summed E-state index contributed by atoms with van der Waals surface area (Å²) in [5, 5.41) is 18.4. The van der Waals surface area contributed by atoms with E-state index in [1.54, 1.807) is 6.20 Å². The Morgan fingerprint density at radius 3 is 2.27 bits per heavy atom. The Kier molecular flexibility index (Phi) is 12.6. The molecule has 0 bridgehead atoms. The molecule has 3 aromatic rings. The van der Waals surface area contributed by atoms with Crippen molar-refractivity contribution < 1.29 is 24.2 Å². The summed E-state index contributed by atoms with van der Waals surface area (Å²) in [5.41, 5.74) is 2.70. The zero-order valence-electron chi connectivity index (χ0n) is 22.8. The van der Waals surface area contributed by atoms with Gasteiger partial charge in [0.05, 0.1) is 12.5 Å². The zero-order chi connectivity index (χ0) is 28.6. The SMILES string of the molecule is COCC[C@H](NC(=O)CCCCCNc1ccccn1)C(=O)NC(CC(=O)O)c1ccc(-c2ccccc2)cc1. The van der Waals surface area contributed by atoms with Gasteiger partial charge >= 0.3 is 5.97 Å². The summed E-state index contributed by atoms with van der Waals surface area (Å²) >= 11 is 0. The minimum Gasteiger partial charge on any atom is -0.481 e. The van der Waals surface area contributed by atoms with Crippen LogP contribution >= 0.6 is 0 Å². The maximum atomic E-state index is 13.2. The topological polar surface area (TPSA) is 130 Å². The van der Waals surface area contributed by atoms with Crippen LogP contribution in [0.4, 0.5) is 5.82 Å². The molecule has 0 aliphatic rings. The predicted molar refractivity (Wildman–Crippen MR) is 155 cm³/mol. The van der Waals surface area contributed by atoms with Crippen molar-refractivity contribution in [2.24, 2.45) is 0 Å². The van der Waals surface area contributed by atoms with Crippen molar-refractivity contribution in [3.8, 4) is 11.1 Å².